The maximum Gasteiger partial charge on any atom is 0.315 e. The summed E-state index contributed by atoms with van der Waals surface area (Å²) in [5.74, 6) is 0.266. The largest absolute Gasteiger partial charge is 0.396 e. The van der Waals surface area contributed by atoms with E-state index in [0.29, 0.717) is 13.0 Å². The van der Waals surface area contributed by atoms with Gasteiger partial charge in [-0.1, -0.05) is 57.5 Å². The third-order valence-electron chi connectivity index (χ3n) is 3.75. The molecule has 0 aliphatic heterocycles. The molecule has 124 valence electrons. The summed E-state index contributed by atoms with van der Waals surface area (Å²) in [5, 5.41) is 14.9. The number of aryl methyl sites for hydroxylation is 1. The molecule has 0 fully saturated rings. The third-order valence-corrected chi connectivity index (χ3v) is 3.75. The van der Waals surface area contributed by atoms with Crippen LogP contribution in [-0.2, 0) is 0 Å². The van der Waals surface area contributed by atoms with Gasteiger partial charge in [0.05, 0.1) is 6.04 Å². The lowest BCUT2D eigenvalue weighted by atomic mass is 9.82. The molecule has 0 bridgehead atoms. The number of hydrogen-bond donors (Lipinski definition) is 3. The number of hydrogen-bond acceptors (Lipinski definition) is 2. The molecule has 2 amide bonds. The lowest BCUT2D eigenvalue weighted by Crippen LogP contribution is -2.43. The second-order valence-electron chi connectivity index (χ2n) is 7.18. The van der Waals surface area contributed by atoms with E-state index < -0.39 is 0 Å². The van der Waals surface area contributed by atoms with Gasteiger partial charge in [-0.25, -0.2) is 4.79 Å². The molecule has 0 aliphatic carbocycles. The molecule has 0 spiro atoms. The molecule has 1 aromatic rings. The Bertz CT molecular complexity index is 480. The zero-order valence-corrected chi connectivity index (χ0v) is 14.4. The highest BCUT2D eigenvalue weighted by molar-refractivity contribution is 5.74. The van der Waals surface area contributed by atoms with Gasteiger partial charge in [0.1, 0.15) is 0 Å². The molecule has 22 heavy (non-hydrogen) atoms. The molecule has 0 saturated carbocycles. The number of benzene rings is 1. The average molecular weight is 306 g/mol. The highest BCUT2D eigenvalue weighted by atomic mass is 16.3. The SMILES string of the molecule is Cc1cccc(C(NC(=O)NCC(C)CCO)C(C)(C)C)c1. The Labute approximate surface area is 134 Å². The van der Waals surface area contributed by atoms with Crippen LogP contribution in [0.1, 0.15) is 51.3 Å². The van der Waals surface area contributed by atoms with E-state index in [0.717, 1.165) is 5.56 Å². The van der Waals surface area contributed by atoms with Crippen LogP contribution in [0, 0.1) is 18.3 Å². The molecular formula is C18H30N2O2. The van der Waals surface area contributed by atoms with Crippen LogP contribution < -0.4 is 10.6 Å². The smallest absolute Gasteiger partial charge is 0.315 e. The summed E-state index contributed by atoms with van der Waals surface area (Å²) in [6.07, 6.45) is 0.695. The van der Waals surface area contributed by atoms with Gasteiger partial charge in [-0.2, -0.15) is 0 Å². The summed E-state index contributed by atoms with van der Waals surface area (Å²) in [5.41, 5.74) is 2.22. The monoisotopic (exact) mass is 306 g/mol. The molecule has 0 saturated heterocycles. The molecule has 1 rings (SSSR count). The Balaban J connectivity index is 2.73. The van der Waals surface area contributed by atoms with Gasteiger partial charge < -0.3 is 15.7 Å². The summed E-state index contributed by atoms with van der Waals surface area (Å²) in [7, 11) is 0. The number of aliphatic hydroxyl groups excluding tert-OH is 1. The van der Waals surface area contributed by atoms with Gasteiger partial charge >= 0.3 is 6.03 Å². The summed E-state index contributed by atoms with van der Waals surface area (Å²) in [6, 6.07) is 8.03. The highest BCUT2D eigenvalue weighted by Gasteiger charge is 2.27. The van der Waals surface area contributed by atoms with Crippen molar-refractivity contribution in [3.05, 3.63) is 35.4 Å². The maximum atomic E-state index is 12.2. The first-order valence-corrected chi connectivity index (χ1v) is 7.96. The Morgan fingerprint density at radius 1 is 1.32 bits per heavy atom. The van der Waals surface area contributed by atoms with Crippen LogP contribution in [0.15, 0.2) is 24.3 Å². The standard InChI is InChI=1S/C18H30N2O2/c1-13-7-6-8-15(11-13)16(18(3,4)5)20-17(22)19-12-14(2)9-10-21/h6-8,11,14,16,21H,9-10,12H2,1-5H3,(H2,19,20,22). The van der Waals surface area contributed by atoms with Crippen molar-refractivity contribution in [2.24, 2.45) is 11.3 Å². The fraction of sp³-hybridized carbons (Fsp3) is 0.611. The van der Waals surface area contributed by atoms with Gasteiger partial charge in [0, 0.05) is 13.2 Å². The van der Waals surface area contributed by atoms with Crippen molar-refractivity contribution in [1.82, 2.24) is 10.6 Å². The van der Waals surface area contributed by atoms with E-state index in [1.807, 2.05) is 13.0 Å². The molecule has 0 radical (unpaired) electrons. The number of nitrogens with one attached hydrogen (secondary N) is 2. The lowest BCUT2D eigenvalue weighted by molar-refractivity contribution is 0.214. The minimum Gasteiger partial charge on any atom is -0.396 e. The van der Waals surface area contributed by atoms with Crippen molar-refractivity contribution >= 4 is 6.03 Å². The topological polar surface area (TPSA) is 61.4 Å². The van der Waals surface area contributed by atoms with Crippen molar-refractivity contribution in [3.63, 3.8) is 0 Å². The quantitative estimate of drug-likeness (QED) is 0.754. The molecule has 4 nitrogen and oxygen atoms in total. The molecular weight excluding hydrogens is 276 g/mol. The van der Waals surface area contributed by atoms with Gasteiger partial charge in [0.25, 0.3) is 0 Å². The molecule has 3 N–H and O–H groups in total. The maximum absolute atomic E-state index is 12.2. The van der Waals surface area contributed by atoms with Gasteiger partial charge in [-0.3, -0.25) is 0 Å². The van der Waals surface area contributed by atoms with Crippen LogP contribution in [0.3, 0.4) is 0 Å². The number of urea groups is 1. The molecule has 4 heteroatoms. The number of amides is 2. The van der Waals surface area contributed by atoms with E-state index in [2.05, 4.69) is 56.5 Å². The molecule has 0 heterocycles. The zero-order valence-electron chi connectivity index (χ0n) is 14.4. The van der Waals surface area contributed by atoms with E-state index in [1.165, 1.54) is 5.56 Å². The van der Waals surface area contributed by atoms with E-state index in [4.69, 9.17) is 5.11 Å². The summed E-state index contributed by atoms with van der Waals surface area (Å²) >= 11 is 0. The van der Waals surface area contributed by atoms with Gasteiger partial charge in [0.15, 0.2) is 0 Å². The summed E-state index contributed by atoms with van der Waals surface area (Å²) < 4.78 is 0. The molecule has 0 aliphatic rings. The van der Waals surface area contributed by atoms with E-state index in [1.54, 1.807) is 0 Å². The Morgan fingerprint density at radius 3 is 2.55 bits per heavy atom. The van der Waals surface area contributed by atoms with Crippen LogP contribution in [0.2, 0.25) is 0 Å². The fourth-order valence-corrected chi connectivity index (χ4v) is 2.42. The van der Waals surface area contributed by atoms with E-state index in [-0.39, 0.29) is 30.0 Å². The first-order valence-electron chi connectivity index (χ1n) is 7.96. The van der Waals surface area contributed by atoms with Crippen LogP contribution in [0.25, 0.3) is 0 Å². The number of rotatable bonds is 6. The number of carbonyl (C=O) groups excluding carboxylic acids is 1. The van der Waals surface area contributed by atoms with Crippen LogP contribution in [0.4, 0.5) is 4.79 Å². The molecule has 2 unspecified atom stereocenters. The molecule has 0 aromatic heterocycles. The van der Waals surface area contributed by atoms with Crippen molar-refractivity contribution in [3.8, 4) is 0 Å². The van der Waals surface area contributed by atoms with Crippen LogP contribution in [-0.4, -0.2) is 24.3 Å². The van der Waals surface area contributed by atoms with Gasteiger partial charge in [0.2, 0.25) is 0 Å². The fourth-order valence-electron chi connectivity index (χ4n) is 2.42. The Hall–Kier alpha value is -1.55. The first-order chi connectivity index (χ1) is 10.2. The van der Waals surface area contributed by atoms with Crippen molar-refractivity contribution in [2.45, 2.75) is 47.1 Å². The van der Waals surface area contributed by atoms with E-state index >= 15 is 0 Å². The summed E-state index contributed by atoms with van der Waals surface area (Å²) in [6.45, 7) is 11.1. The van der Waals surface area contributed by atoms with Crippen molar-refractivity contribution in [1.29, 1.82) is 0 Å². The third kappa shape index (κ3) is 6.06. The normalized spacial score (nSPS) is 14.3. The Morgan fingerprint density at radius 2 is 2.00 bits per heavy atom. The predicted octanol–water partition coefficient (Wildman–Crippen LogP) is 3.40. The van der Waals surface area contributed by atoms with E-state index in [9.17, 15) is 4.79 Å². The van der Waals surface area contributed by atoms with Gasteiger partial charge in [-0.15, -0.1) is 0 Å². The first kappa shape index (κ1) is 18.5. The molecule has 2 atom stereocenters. The lowest BCUT2D eigenvalue weighted by Gasteiger charge is -2.32. The molecule has 1 aromatic carbocycles. The van der Waals surface area contributed by atoms with Crippen molar-refractivity contribution < 1.29 is 9.90 Å². The minimum absolute atomic E-state index is 0.0550. The Kier molecular flexibility index (Phi) is 6.88. The highest BCUT2D eigenvalue weighted by Crippen LogP contribution is 2.32. The second-order valence-corrected chi connectivity index (χ2v) is 7.18. The van der Waals surface area contributed by atoms with Crippen molar-refractivity contribution in [2.75, 3.05) is 13.2 Å². The average Bonchev–Trinajstić information content (AvgIpc) is 2.41. The summed E-state index contributed by atoms with van der Waals surface area (Å²) in [4.78, 5) is 12.2. The zero-order chi connectivity index (χ0) is 16.8. The second kappa shape index (κ2) is 8.18. The minimum atomic E-state index is -0.161. The van der Waals surface area contributed by atoms with Crippen LogP contribution in [0.5, 0.6) is 0 Å². The predicted molar refractivity (Wildman–Crippen MR) is 90.8 cm³/mol. The van der Waals surface area contributed by atoms with Gasteiger partial charge in [-0.05, 0) is 30.2 Å². The number of aliphatic hydroxyl groups is 1. The van der Waals surface area contributed by atoms with Crippen LogP contribution >= 0.6 is 0 Å². The number of carbonyl (C=O) groups is 1.